The molecule has 2 heterocycles. The van der Waals surface area contributed by atoms with Crippen LogP contribution in [0.15, 0.2) is 6.33 Å². The normalized spacial score (nSPS) is 17.7. The predicted molar refractivity (Wildman–Crippen MR) is 76.7 cm³/mol. The summed E-state index contributed by atoms with van der Waals surface area (Å²) in [5.74, 6) is -0.578. The molecule has 1 aromatic rings. The number of aromatic nitrogens is 2. The van der Waals surface area contributed by atoms with Gasteiger partial charge in [-0.05, 0) is 5.92 Å². The molecule has 3 N–H and O–H groups in total. The molecule has 0 spiro atoms. The number of aliphatic carboxylic acids is 1. The zero-order valence-electron chi connectivity index (χ0n) is 12.4. The number of aromatic amines is 1. The number of fused-ring (bicyclic) bond motifs is 1. The van der Waals surface area contributed by atoms with Crippen LogP contribution in [0.5, 0.6) is 0 Å². The number of carboxylic acids is 1. The molecule has 0 fully saturated rings. The van der Waals surface area contributed by atoms with Crippen LogP contribution in [0.3, 0.4) is 0 Å². The fraction of sp³-hybridized carbons (Fsp3) is 0.643. The van der Waals surface area contributed by atoms with Crippen LogP contribution in [0.1, 0.15) is 38.1 Å². The molecule has 7 heteroatoms. The molecule has 2 amide bonds. The second-order valence-electron chi connectivity index (χ2n) is 5.38. The SMILES string of the molecule is CCC(CC)CNC(=O)N1Cc2[nH]cnc2CC1C(=O)O. The van der Waals surface area contributed by atoms with Crippen LogP contribution in [-0.4, -0.2) is 44.6 Å². The Morgan fingerprint density at radius 3 is 2.86 bits per heavy atom. The molecule has 0 radical (unpaired) electrons. The average molecular weight is 294 g/mol. The Balaban J connectivity index is 2.05. The smallest absolute Gasteiger partial charge is 0.326 e. The van der Waals surface area contributed by atoms with Crippen molar-refractivity contribution < 1.29 is 14.7 Å². The molecular formula is C14H22N4O3. The third kappa shape index (κ3) is 3.34. The van der Waals surface area contributed by atoms with E-state index in [1.165, 1.54) is 11.2 Å². The number of carbonyl (C=O) groups is 2. The molecule has 0 bridgehead atoms. The maximum Gasteiger partial charge on any atom is 0.326 e. The number of carboxylic acid groups (broad SMARTS) is 1. The molecule has 1 aliphatic rings. The Morgan fingerprint density at radius 2 is 2.24 bits per heavy atom. The summed E-state index contributed by atoms with van der Waals surface area (Å²) in [5.41, 5.74) is 1.54. The molecule has 7 nitrogen and oxygen atoms in total. The Kier molecular flexibility index (Phi) is 4.82. The van der Waals surface area contributed by atoms with Crippen molar-refractivity contribution in [3.63, 3.8) is 0 Å². The average Bonchev–Trinajstić information content (AvgIpc) is 2.93. The van der Waals surface area contributed by atoms with Crippen LogP contribution in [0, 0.1) is 5.92 Å². The summed E-state index contributed by atoms with van der Waals surface area (Å²) in [6, 6.07) is -1.18. The van der Waals surface area contributed by atoms with Gasteiger partial charge in [-0.2, -0.15) is 0 Å². The molecule has 0 saturated carbocycles. The highest BCUT2D eigenvalue weighted by atomic mass is 16.4. The van der Waals surface area contributed by atoms with Crippen molar-refractivity contribution in [2.45, 2.75) is 45.7 Å². The van der Waals surface area contributed by atoms with Crippen LogP contribution >= 0.6 is 0 Å². The van der Waals surface area contributed by atoms with E-state index in [4.69, 9.17) is 0 Å². The van der Waals surface area contributed by atoms with Gasteiger partial charge in [-0.15, -0.1) is 0 Å². The molecule has 116 valence electrons. The summed E-state index contributed by atoms with van der Waals surface area (Å²) in [4.78, 5) is 32.1. The number of amides is 2. The summed E-state index contributed by atoms with van der Waals surface area (Å²) >= 11 is 0. The summed E-state index contributed by atoms with van der Waals surface area (Å²) in [6.45, 7) is 4.99. The zero-order valence-corrected chi connectivity index (χ0v) is 12.4. The standard InChI is InChI=1S/C14H22N4O3/c1-3-9(4-2)6-15-14(21)18-7-11-10(16-8-17-11)5-12(18)13(19)20/h8-9,12H,3-7H2,1-2H3,(H,15,21)(H,16,17)(H,19,20). The van der Waals surface area contributed by atoms with Crippen LogP contribution in [0.2, 0.25) is 0 Å². The summed E-state index contributed by atoms with van der Waals surface area (Å²) in [5, 5.41) is 12.2. The van der Waals surface area contributed by atoms with Gasteiger partial charge in [-0.25, -0.2) is 14.6 Å². The zero-order chi connectivity index (χ0) is 15.4. The minimum absolute atomic E-state index is 0.243. The Hall–Kier alpha value is -2.05. The number of carbonyl (C=O) groups excluding carboxylic acids is 1. The van der Waals surface area contributed by atoms with Gasteiger partial charge in [0.25, 0.3) is 0 Å². The van der Waals surface area contributed by atoms with E-state index in [0.29, 0.717) is 12.5 Å². The molecule has 1 atom stereocenters. The first-order valence-electron chi connectivity index (χ1n) is 7.35. The van der Waals surface area contributed by atoms with Crippen LogP contribution in [0.25, 0.3) is 0 Å². The van der Waals surface area contributed by atoms with Crippen molar-refractivity contribution in [1.82, 2.24) is 20.2 Å². The van der Waals surface area contributed by atoms with E-state index in [1.807, 2.05) is 0 Å². The van der Waals surface area contributed by atoms with Crippen LogP contribution < -0.4 is 5.32 Å². The highest BCUT2D eigenvalue weighted by Crippen LogP contribution is 2.21. The quantitative estimate of drug-likeness (QED) is 0.763. The third-order valence-electron chi connectivity index (χ3n) is 4.14. The third-order valence-corrected chi connectivity index (χ3v) is 4.14. The Morgan fingerprint density at radius 1 is 1.52 bits per heavy atom. The Labute approximate surface area is 123 Å². The van der Waals surface area contributed by atoms with Crippen molar-refractivity contribution in [2.24, 2.45) is 5.92 Å². The molecule has 1 aromatic heterocycles. The molecule has 1 unspecified atom stereocenters. The van der Waals surface area contributed by atoms with Gasteiger partial charge in [0, 0.05) is 13.0 Å². The van der Waals surface area contributed by atoms with E-state index < -0.39 is 12.0 Å². The lowest BCUT2D eigenvalue weighted by atomic mass is 10.0. The van der Waals surface area contributed by atoms with Gasteiger partial charge in [0.2, 0.25) is 0 Å². The number of imidazole rings is 1. The number of urea groups is 1. The fourth-order valence-electron chi connectivity index (χ4n) is 2.58. The summed E-state index contributed by atoms with van der Waals surface area (Å²) < 4.78 is 0. The molecule has 2 rings (SSSR count). The van der Waals surface area contributed by atoms with Crippen molar-refractivity contribution in [1.29, 1.82) is 0 Å². The lowest BCUT2D eigenvalue weighted by Crippen LogP contribution is -2.52. The number of nitrogens with one attached hydrogen (secondary N) is 2. The van der Waals surface area contributed by atoms with E-state index in [-0.39, 0.29) is 19.0 Å². The molecule has 1 aliphatic heterocycles. The molecule has 0 aromatic carbocycles. The first-order chi connectivity index (χ1) is 10.1. The fourth-order valence-corrected chi connectivity index (χ4v) is 2.58. The molecule has 0 aliphatic carbocycles. The highest BCUT2D eigenvalue weighted by Gasteiger charge is 2.35. The number of hydrogen-bond donors (Lipinski definition) is 3. The number of H-pyrrole nitrogens is 1. The van der Waals surface area contributed by atoms with E-state index in [0.717, 1.165) is 24.2 Å². The second-order valence-corrected chi connectivity index (χ2v) is 5.38. The second kappa shape index (κ2) is 6.60. The number of rotatable bonds is 5. The van der Waals surface area contributed by atoms with E-state index in [9.17, 15) is 14.7 Å². The maximum atomic E-state index is 12.3. The molecule has 0 saturated heterocycles. The minimum Gasteiger partial charge on any atom is -0.480 e. The van der Waals surface area contributed by atoms with E-state index >= 15 is 0 Å². The van der Waals surface area contributed by atoms with Crippen LogP contribution in [-0.2, 0) is 17.8 Å². The number of nitrogens with zero attached hydrogens (tertiary/aromatic N) is 2. The van der Waals surface area contributed by atoms with Gasteiger partial charge in [0.15, 0.2) is 0 Å². The van der Waals surface area contributed by atoms with Gasteiger partial charge in [-0.1, -0.05) is 26.7 Å². The van der Waals surface area contributed by atoms with Crippen molar-refractivity contribution in [3.8, 4) is 0 Å². The summed E-state index contributed by atoms with van der Waals surface area (Å²) in [7, 11) is 0. The molecule has 21 heavy (non-hydrogen) atoms. The topological polar surface area (TPSA) is 98.3 Å². The van der Waals surface area contributed by atoms with Gasteiger partial charge in [0.1, 0.15) is 6.04 Å². The first kappa shape index (κ1) is 15.3. The van der Waals surface area contributed by atoms with Crippen molar-refractivity contribution in [3.05, 3.63) is 17.7 Å². The highest BCUT2D eigenvalue weighted by molar-refractivity contribution is 5.83. The van der Waals surface area contributed by atoms with E-state index in [2.05, 4.69) is 29.1 Å². The van der Waals surface area contributed by atoms with Crippen molar-refractivity contribution >= 4 is 12.0 Å². The predicted octanol–water partition coefficient (Wildman–Crippen LogP) is 1.37. The minimum atomic E-state index is -0.999. The first-order valence-corrected chi connectivity index (χ1v) is 7.35. The lowest BCUT2D eigenvalue weighted by molar-refractivity contribution is -0.142. The van der Waals surface area contributed by atoms with Crippen molar-refractivity contribution in [2.75, 3.05) is 6.54 Å². The van der Waals surface area contributed by atoms with Gasteiger partial charge in [-0.3, -0.25) is 0 Å². The van der Waals surface area contributed by atoms with Gasteiger partial charge >= 0.3 is 12.0 Å². The largest absolute Gasteiger partial charge is 0.480 e. The van der Waals surface area contributed by atoms with Gasteiger partial charge < -0.3 is 20.3 Å². The maximum absolute atomic E-state index is 12.3. The lowest BCUT2D eigenvalue weighted by Gasteiger charge is -2.32. The van der Waals surface area contributed by atoms with Gasteiger partial charge in [0.05, 0.1) is 24.3 Å². The van der Waals surface area contributed by atoms with E-state index in [1.54, 1.807) is 0 Å². The monoisotopic (exact) mass is 294 g/mol. The Bertz CT molecular complexity index is 510. The van der Waals surface area contributed by atoms with Crippen LogP contribution in [0.4, 0.5) is 4.79 Å². The number of hydrogen-bond acceptors (Lipinski definition) is 3. The molecular weight excluding hydrogens is 272 g/mol. The summed E-state index contributed by atoms with van der Waals surface area (Å²) in [6.07, 6.45) is 3.76.